The third-order valence-corrected chi connectivity index (χ3v) is 4.85. The molecule has 1 aliphatic heterocycles. The van der Waals surface area contributed by atoms with Crippen LogP contribution in [0.4, 0.5) is 0 Å². The predicted octanol–water partition coefficient (Wildman–Crippen LogP) is 1.36. The SMILES string of the molecule is CCOc1ccccc1CN[C@H]1CCS(=O)(=O)C1. The van der Waals surface area contributed by atoms with Gasteiger partial charge >= 0.3 is 0 Å². The molecule has 0 amide bonds. The van der Waals surface area contributed by atoms with Crippen LogP contribution in [0.15, 0.2) is 24.3 Å². The van der Waals surface area contributed by atoms with Crippen molar-refractivity contribution in [2.45, 2.75) is 25.9 Å². The van der Waals surface area contributed by atoms with Gasteiger partial charge in [0.15, 0.2) is 9.84 Å². The summed E-state index contributed by atoms with van der Waals surface area (Å²) in [5, 5.41) is 3.29. The fourth-order valence-corrected chi connectivity index (χ4v) is 3.86. The second-order valence-electron chi connectivity index (χ2n) is 4.52. The minimum Gasteiger partial charge on any atom is -0.494 e. The van der Waals surface area contributed by atoms with Crippen LogP contribution in [0.25, 0.3) is 0 Å². The molecule has 1 aromatic carbocycles. The van der Waals surface area contributed by atoms with Crippen LogP contribution in [-0.4, -0.2) is 32.6 Å². The first kappa shape index (κ1) is 13.4. The lowest BCUT2D eigenvalue weighted by molar-refractivity contribution is 0.335. The average molecular weight is 269 g/mol. The summed E-state index contributed by atoms with van der Waals surface area (Å²) in [4.78, 5) is 0. The lowest BCUT2D eigenvalue weighted by Gasteiger charge is -2.13. The first-order valence-corrected chi connectivity index (χ1v) is 8.07. The Morgan fingerprint density at radius 3 is 2.83 bits per heavy atom. The molecule has 0 bridgehead atoms. The van der Waals surface area contributed by atoms with Crippen molar-refractivity contribution in [2.75, 3.05) is 18.1 Å². The van der Waals surface area contributed by atoms with Gasteiger partial charge in [-0.3, -0.25) is 0 Å². The van der Waals surface area contributed by atoms with Crippen LogP contribution in [0.3, 0.4) is 0 Å². The van der Waals surface area contributed by atoms with E-state index in [4.69, 9.17) is 4.74 Å². The van der Waals surface area contributed by atoms with Crippen LogP contribution >= 0.6 is 0 Å². The van der Waals surface area contributed by atoms with Gasteiger partial charge in [-0.1, -0.05) is 18.2 Å². The molecule has 0 unspecified atom stereocenters. The van der Waals surface area contributed by atoms with Crippen molar-refractivity contribution in [1.82, 2.24) is 5.32 Å². The summed E-state index contributed by atoms with van der Waals surface area (Å²) >= 11 is 0. The predicted molar refractivity (Wildman–Crippen MR) is 71.5 cm³/mol. The van der Waals surface area contributed by atoms with Gasteiger partial charge in [0.05, 0.1) is 18.1 Å². The van der Waals surface area contributed by atoms with E-state index in [1.54, 1.807) is 0 Å². The Bertz CT molecular complexity index is 499. The molecule has 1 fully saturated rings. The van der Waals surface area contributed by atoms with E-state index in [9.17, 15) is 8.42 Å². The van der Waals surface area contributed by atoms with Crippen molar-refractivity contribution in [2.24, 2.45) is 0 Å². The standard InChI is InChI=1S/C13H19NO3S/c1-2-17-13-6-4-3-5-11(13)9-14-12-7-8-18(15,16)10-12/h3-6,12,14H,2,7-10H2,1H3/t12-/m0/s1. The topological polar surface area (TPSA) is 55.4 Å². The van der Waals surface area contributed by atoms with Crippen molar-refractivity contribution in [3.63, 3.8) is 0 Å². The van der Waals surface area contributed by atoms with Crippen LogP contribution in [0.1, 0.15) is 18.9 Å². The number of hydrogen-bond acceptors (Lipinski definition) is 4. The van der Waals surface area contributed by atoms with Crippen molar-refractivity contribution >= 4 is 9.84 Å². The maximum absolute atomic E-state index is 11.4. The Labute approximate surface area is 108 Å². The molecule has 1 N–H and O–H groups in total. The molecular weight excluding hydrogens is 250 g/mol. The fourth-order valence-electron chi connectivity index (χ4n) is 2.16. The quantitative estimate of drug-likeness (QED) is 0.877. The molecule has 0 aromatic heterocycles. The number of rotatable bonds is 5. The van der Waals surface area contributed by atoms with Crippen LogP contribution in [0, 0.1) is 0 Å². The number of benzene rings is 1. The highest BCUT2D eigenvalue weighted by molar-refractivity contribution is 7.91. The van der Waals surface area contributed by atoms with Gasteiger partial charge in [0.1, 0.15) is 5.75 Å². The lowest BCUT2D eigenvalue weighted by Crippen LogP contribution is -2.29. The molecule has 0 saturated carbocycles. The highest BCUT2D eigenvalue weighted by atomic mass is 32.2. The minimum atomic E-state index is -2.81. The molecule has 0 radical (unpaired) electrons. The first-order chi connectivity index (χ1) is 8.61. The van der Waals surface area contributed by atoms with Crippen molar-refractivity contribution in [3.8, 4) is 5.75 Å². The molecule has 0 spiro atoms. The molecule has 100 valence electrons. The van der Waals surface area contributed by atoms with Gasteiger partial charge in [-0.15, -0.1) is 0 Å². The van der Waals surface area contributed by atoms with E-state index in [-0.39, 0.29) is 11.8 Å². The normalized spacial score (nSPS) is 21.9. The first-order valence-electron chi connectivity index (χ1n) is 6.25. The Kier molecular flexibility index (Phi) is 4.24. The van der Waals surface area contributed by atoms with Gasteiger partial charge in [0.2, 0.25) is 0 Å². The zero-order chi connectivity index (χ0) is 13.0. The third kappa shape index (κ3) is 3.46. The van der Waals surface area contributed by atoms with Crippen LogP contribution in [0.5, 0.6) is 5.75 Å². The Morgan fingerprint density at radius 2 is 2.17 bits per heavy atom. The number of sulfone groups is 1. The largest absolute Gasteiger partial charge is 0.494 e. The molecule has 18 heavy (non-hydrogen) atoms. The van der Waals surface area contributed by atoms with Crippen LogP contribution in [0.2, 0.25) is 0 Å². The fraction of sp³-hybridized carbons (Fsp3) is 0.538. The lowest BCUT2D eigenvalue weighted by atomic mass is 10.2. The summed E-state index contributed by atoms with van der Waals surface area (Å²) in [6.07, 6.45) is 0.707. The summed E-state index contributed by atoms with van der Waals surface area (Å²) in [5.41, 5.74) is 1.07. The summed E-state index contributed by atoms with van der Waals surface area (Å²) in [5.74, 6) is 1.43. The molecule has 5 heteroatoms. The number of ether oxygens (including phenoxy) is 1. The van der Waals surface area contributed by atoms with Gasteiger partial charge in [-0.05, 0) is 19.4 Å². The molecule has 1 saturated heterocycles. The van der Waals surface area contributed by atoms with E-state index in [2.05, 4.69) is 5.32 Å². The van der Waals surface area contributed by atoms with E-state index in [1.165, 1.54) is 0 Å². The van der Waals surface area contributed by atoms with Crippen molar-refractivity contribution in [3.05, 3.63) is 29.8 Å². The van der Waals surface area contributed by atoms with E-state index in [0.717, 1.165) is 11.3 Å². The van der Waals surface area contributed by atoms with Gasteiger partial charge in [-0.2, -0.15) is 0 Å². The van der Waals surface area contributed by atoms with Crippen molar-refractivity contribution < 1.29 is 13.2 Å². The molecule has 1 atom stereocenters. The van der Waals surface area contributed by atoms with Gasteiger partial charge in [-0.25, -0.2) is 8.42 Å². The maximum Gasteiger partial charge on any atom is 0.151 e. The molecule has 1 aromatic rings. The summed E-state index contributed by atoms with van der Waals surface area (Å²) < 4.78 is 28.2. The number of nitrogens with one attached hydrogen (secondary N) is 1. The second kappa shape index (κ2) is 5.71. The van der Waals surface area contributed by atoms with Crippen molar-refractivity contribution in [1.29, 1.82) is 0 Å². The highest BCUT2D eigenvalue weighted by Crippen LogP contribution is 2.19. The van der Waals surface area contributed by atoms with E-state index in [0.29, 0.717) is 25.3 Å². The number of hydrogen-bond donors (Lipinski definition) is 1. The van der Waals surface area contributed by atoms with Crippen LogP contribution < -0.4 is 10.1 Å². The summed E-state index contributed by atoms with van der Waals surface area (Å²) in [6, 6.07) is 7.91. The maximum atomic E-state index is 11.4. The molecule has 0 aliphatic carbocycles. The number of para-hydroxylation sites is 1. The molecule has 2 rings (SSSR count). The Balaban J connectivity index is 1.94. The Hall–Kier alpha value is -1.07. The molecule has 1 aliphatic rings. The van der Waals surface area contributed by atoms with E-state index in [1.807, 2.05) is 31.2 Å². The van der Waals surface area contributed by atoms with E-state index >= 15 is 0 Å². The van der Waals surface area contributed by atoms with Gasteiger partial charge in [0, 0.05) is 18.2 Å². The summed E-state index contributed by atoms with van der Waals surface area (Å²) in [7, 11) is -2.81. The third-order valence-electron chi connectivity index (χ3n) is 3.09. The van der Waals surface area contributed by atoms with Gasteiger partial charge in [0.25, 0.3) is 0 Å². The highest BCUT2D eigenvalue weighted by Gasteiger charge is 2.27. The van der Waals surface area contributed by atoms with Crippen LogP contribution in [-0.2, 0) is 16.4 Å². The average Bonchev–Trinajstić information content (AvgIpc) is 2.68. The second-order valence-corrected chi connectivity index (χ2v) is 6.75. The zero-order valence-electron chi connectivity index (χ0n) is 10.6. The molecular formula is C13H19NO3S. The van der Waals surface area contributed by atoms with Gasteiger partial charge < -0.3 is 10.1 Å². The monoisotopic (exact) mass is 269 g/mol. The Morgan fingerprint density at radius 1 is 1.39 bits per heavy atom. The zero-order valence-corrected chi connectivity index (χ0v) is 11.4. The minimum absolute atomic E-state index is 0.0738. The molecule has 4 nitrogen and oxygen atoms in total. The van der Waals surface area contributed by atoms with E-state index < -0.39 is 9.84 Å². The molecule has 1 heterocycles. The smallest absolute Gasteiger partial charge is 0.151 e. The summed E-state index contributed by atoms with van der Waals surface area (Å²) in [6.45, 7) is 3.24.